The second-order valence-corrected chi connectivity index (χ2v) is 5.55. The molecular weight excluding hydrogens is 264 g/mol. The van der Waals surface area contributed by atoms with Gasteiger partial charge in [0.2, 0.25) is 0 Å². The molecule has 0 unspecified atom stereocenters. The zero-order valence-electron chi connectivity index (χ0n) is 12.7. The van der Waals surface area contributed by atoms with E-state index in [0.29, 0.717) is 13.0 Å². The van der Waals surface area contributed by atoms with Crippen molar-refractivity contribution in [3.05, 3.63) is 35.9 Å². The summed E-state index contributed by atoms with van der Waals surface area (Å²) in [5.74, 6) is -0.0824. The molecule has 0 aliphatic carbocycles. The molecule has 1 aromatic rings. The Bertz CT molecular complexity index is 403. The van der Waals surface area contributed by atoms with E-state index >= 15 is 0 Å². The second kappa shape index (κ2) is 9.53. The van der Waals surface area contributed by atoms with Crippen LogP contribution in [-0.4, -0.2) is 43.6 Å². The Kier molecular flexibility index (Phi) is 7.25. The van der Waals surface area contributed by atoms with Crippen LogP contribution in [0.2, 0.25) is 0 Å². The highest BCUT2D eigenvalue weighted by Crippen LogP contribution is 2.06. The molecule has 1 fully saturated rings. The van der Waals surface area contributed by atoms with Gasteiger partial charge in [0.25, 0.3) is 0 Å². The molecule has 0 saturated carbocycles. The van der Waals surface area contributed by atoms with E-state index < -0.39 is 0 Å². The zero-order chi connectivity index (χ0) is 14.8. The van der Waals surface area contributed by atoms with Crippen molar-refractivity contribution in [2.45, 2.75) is 32.3 Å². The quantitative estimate of drug-likeness (QED) is 0.589. The monoisotopic (exact) mass is 290 g/mol. The third-order valence-electron chi connectivity index (χ3n) is 3.81. The molecule has 0 bridgehead atoms. The number of rotatable bonds is 8. The molecule has 1 aliphatic rings. The van der Waals surface area contributed by atoms with Crippen LogP contribution in [0.1, 0.15) is 31.2 Å². The summed E-state index contributed by atoms with van der Waals surface area (Å²) in [5, 5.41) is 3.36. The summed E-state index contributed by atoms with van der Waals surface area (Å²) in [6.45, 7) is 6.05. The van der Waals surface area contributed by atoms with Crippen molar-refractivity contribution in [2.24, 2.45) is 0 Å². The van der Waals surface area contributed by atoms with E-state index in [9.17, 15) is 4.79 Å². The molecule has 0 atom stereocenters. The lowest BCUT2D eigenvalue weighted by Crippen LogP contribution is -2.43. The van der Waals surface area contributed by atoms with Crippen LogP contribution in [0.25, 0.3) is 0 Å². The number of carbonyl (C=O) groups excluding carboxylic acids is 1. The van der Waals surface area contributed by atoms with Crippen LogP contribution in [0.3, 0.4) is 0 Å². The smallest absolute Gasteiger partial charge is 0.306 e. The molecule has 1 N–H and O–H groups in total. The van der Waals surface area contributed by atoms with Crippen molar-refractivity contribution in [2.75, 3.05) is 32.7 Å². The molecule has 0 aromatic heterocycles. The minimum Gasteiger partial charge on any atom is -0.461 e. The lowest BCUT2D eigenvalue weighted by atomic mass is 10.2. The minimum atomic E-state index is -0.0824. The molecule has 1 saturated heterocycles. The summed E-state index contributed by atoms with van der Waals surface area (Å²) in [6.07, 6.45) is 3.74. The van der Waals surface area contributed by atoms with Crippen molar-refractivity contribution in [1.82, 2.24) is 10.2 Å². The molecule has 1 heterocycles. The highest BCUT2D eigenvalue weighted by molar-refractivity contribution is 5.69. The van der Waals surface area contributed by atoms with Crippen molar-refractivity contribution < 1.29 is 9.53 Å². The maximum Gasteiger partial charge on any atom is 0.306 e. The number of benzene rings is 1. The Hall–Kier alpha value is -1.39. The largest absolute Gasteiger partial charge is 0.461 e. The number of esters is 1. The lowest BCUT2D eigenvalue weighted by Gasteiger charge is -2.26. The summed E-state index contributed by atoms with van der Waals surface area (Å²) in [7, 11) is 0. The van der Waals surface area contributed by atoms with Crippen molar-refractivity contribution in [3.8, 4) is 0 Å². The first-order valence-electron chi connectivity index (χ1n) is 7.97. The van der Waals surface area contributed by atoms with Gasteiger partial charge in [0, 0.05) is 32.6 Å². The highest BCUT2D eigenvalue weighted by atomic mass is 16.5. The van der Waals surface area contributed by atoms with E-state index in [1.165, 1.54) is 6.42 Å². The topological polar surface area (TPSA) is 41.6 Å². The van der Waals surface area contributed by atoms with E-state index in [-0.39, 0.29) is 5.97 Å². The number of nitrogens with zero attached hydrogens (tertiary/aromatic N) is 1. The third-order valence-corrected chi connectivity index (χ3v) is 3.81. The van der Waals surface area contributed by atoms with Gasteiger partial charge in [-0.2, -0.15) is 0 Å². The standard InChI is InChI=1S/C17H26N2O2/c20-17(21-15-16-7-3-1-4-8-16)9-5-2-6-12-19-13-10-18-11-14-19/h1,3-4,7-8,18H,2,5-6,9-15H2. The van der Waals surface area contributed by atoms with E-state index in [1.54, 1.807) is 0 Å². The Balaban J connectivity index is 1.47. The van der Waals surface area contributed by atoms with Gasteiger partial charge in [-0.25, -0.2) is 0 Å². The zero-order valence-corrected chi connectivity index (χ0v) is 12.7. The van der Waals surface area contributed by atoms with Crippen LogP contribution < -0.4 is 5.32 Å². The molecule has 2 rings (SSSR count). The molecule has 1 aliphatic heterocycles. The molecule has 1 aromatic carbocycles. The Morgan fingerprint density at radius 1 is 1.10 bits per heavy atom. The summed E-state index contributed by atoms with van der Waals surface area (Å²) < 4.78 is 5.27. The molecule has 116 valence electrons. The highest BCUT2D eigenvalue weighted by Gasteiger charge is 2.08. The molecule has 0 spiro atoms. The number of carbonyl (C=O) groups is 1. The fraction of sp³-hybridized carbons (Fsp3) is 0.588. The summed E-state index contributed by atoms with van der Waals surface area (Å²) in [4.78, 5) is 14.1. The molecular formula is C17H26N2O2. The number of unbranched alkanes of at least 4 members (excludes halogenated alkanes) is 2. The SMILES string of the molecule is O=C(CCCCCN1CCNCC1)OCc1ccccc1. The van der Waals surface area contributed by atoms with E-state index in [2.05, 4.69) is 10.2 Å². The van der Waals surface area contributed by atoms with Gasteiger partial charge in [0.1, 0.15) is 6.61 Å². The first-order chi connectivity index (χ1) is 10.3. The van der Waals surface area contributed by atoms with Gasteiger partial charge < -0.3 is 15.0 Å². The lowest BCUT2D eigenvalue weighted by molar-refractivity contribution is -0.145. The molecule has 21 heavy (non-hydrogen) atoms. The van der Waals surface area contributed by atoms with Crippen molar-refractivity contribution >= 4 is 5.97 Å². The molecule has 4 nitrogen and oxygen atoms in total. The van der Waals surface area contributed by atoms with Gasteiger partial charge in [0.15, 0.2) is 0 Å². The number of ether oxygens (including phenoxy) is 1. The maximum atomic E-state index is 11.6. The van der Waals surface area contributed by atoms with Crippen LogP contribution in [0.5, 0.6) is 0 Å². The van der Waals surface area contributed by atoms with Crippen LogP contribution in [0.15, 0.2) is 30.3 Å². The summed E-state index contributed by atoms with van der Waals surface area (Å²) >= 11 is 0. The third kappa shape index (κ3) is 6.74. The summed E-state index contributed by atoms with van der Waals surface area (Å²) in [6, 6.07) is 9.82. The maximum absolute atomic E-state index is 11.6. The van der Waals surface area contributed by atoms with E-state index in [0.717, 1.165) is 51.1 Å². The van der Waals surface area contributed by atoms with Gasteiger partial charge in [-0.3, -0.25) is 4.79 Å². The Morgan fingerprint density at radius 3 is 2.62 bits per heavy atom. The van der Waals surface area contributed by atoms with Crippen LogP contribution in [0.4, 0.5) is 0 Å². The van der Waals surface area contributed by atoms with Gasteiger partial charge in [-0.1, -0.05) is 36.8 Å². The number of hydrogen-bond acceptors (Lipinski definition) is 4. The average molecular weight is 290 g/mol. The van der Waals surface area contributed by atoms with Gasteiger partial charge >= 0.3 is 5.97 Å². The summed E-state index contributed by atoms with van der Waals surface area (Å²) in [5.41, 5.74) is 1.05. The van der Waals surface area contributed by atoms with E-state index in [1.807, 2.05) is 30.3 Å². The molecule has 4 heteroatoms. The average Bonchev–Trinajstić information content (AvgIpc) is 2.54. The number of piperazine rings is 1. The van der Waals surface area contributed by atoms with Gasteiger partial charge in [-0.15, -0.1) is 0 Å². The Labute approximate surface area is 127 Å². The van der Waals surface area contributed by atoms with Crippen molar-refractivity contribution in [1.29, 1.82) is 0 Å². The fourth-order valence-electron chi connectivity index (χ4n) is 2.53. The number of nitrogens with one attached hydrogen (secondary N) is 1. The predicted octanol–water partition coefficient (Wildman–Crippen LogP) is 2.20. The second-order valence-electron chi connectivity index (χ2n) is 5.55. The molecule has 0 amide bonds. The first kappa shape index (κ1) is 16.0. The normalized spacial score (nSPS) is 15.8. The van der Waals surface area contributed by atoms with Crippen LogP contribution >= 0.6 is 0 Å². The van der Waals surface area contributed by atoms with Gasteiger partial charge in [-0.05, 0) is 24.9 Å². The van der Waals surface area contributed by atoms with Crippen LogP contribution in [-0.2, 0) is 16.1 Å². The Morgan fingerprint density at radius 2 is 1.86 bits per heavy atom. The van der Waals surface area contributed by atoms with Crippen LogP contribution in [0, 0.1) is 0 Å². The van der Waals surface area contributed by atoms with Gasteiger partial charge in [0.05, 0.1) is 0 Å². The first-order valence-corrected chi connectivity index (χ1v) is 7.97. The van der Waals surface area contributed by atoms with Crippen molar-refractivity contribution in [3.63, 3.8) is 0 Å². The fourth-order valence-corrected chi connectivity index (χ4v) is 2.53. The molecule has 0 radical (unpaired) electrons. The predicted molar refractivity (Wildman–Crippen MR) is 84.0 cm³/mol. The number of hydrogen-bond donors (Lipinski definition) is 1. The van der Waals surface area contributed by atoms with E-state index in [4.69, 9.17) is 4.74 Å². The minimum absolute atomic E-state index is 0.0824.